The van der Waals surface area contributed by atoms with Crippen molar-refractivity contribution in [3.63, 3.8) is 0 Å². The van der Waals surface area contributed by atoms with Crippen molar-refractivity contribution in [3.8, 4) is 0 Å². The number of halogens is 1. The number of hydrogen-bond donors (Lipinski definition) is 0. The first kappa shape index (κ1) is 13.8. The van der Waals surface area contributed by atoms with E-state index in [2.05, 4.69) is 36.4 Å². The standard InChI is InChI=1S/C13H25IO/c1-3-8-11(2)15-13-10-7-5-4-6-9-12(13)14/h11-13H,3-10H2,1-2H3. The molecule has 0 N–H and O–H groups in total. The molecular formula is C13H25IO. The van der Waals surface area contributed by atoms with Crippen LogP contribution in [0.1, 0.15) is 65.2 Å². The number of ether oxygens (including phenoxy) is 1. The summed E-state index contributed by atoms with van der Waals surface area (Å²) >= 11 is 2.60. The molecule has 90 valence electrons. The maximum Gasteiger partial charge on any atom is 0.0696 e. The maximum absolute atomic E-state index is 6.17. The predicted octanol–water partition coefficient (Wildman–Crippen LogP) is 4.72. The summed E-state index contributed by atoms with van der Waals surface area (Å²) in [6.45, 7) is 4.46. The third-order valence-corrected chi connectivity index (χ3v) is 4.65. The highest BCUT2D eigenvalue weighted by Crippen LogP contribution is 2.27. The van der Waals surface area contributed by atoms with Crippen molar-refractivity contribution in [2.45, 2.75) is 81.3 Å². The zero-order valence-electron chi connectivity index (χ0n) is 10.2. The third-order valence-electron chi connectivity index (χ3n) is 3.22. The van der Waals surface area contributed by atoms with Crippen molar-refractivity contribution in [1.82, 2.24) is 0 Å². The largest absolute Gasteiger partial charge is 0.374 e. The lowest BCUT2D eigenvalue weighted by Gasteiger charge is -2.28. The fraction of sp³-hybridized carbons (Fsp3) is 1.00. The second-order valence-corrected chi connectivity index (χ2v) is 6.38. The van der Waals surface area contributed by atoms with Crippen molar-refractivity contribution in [1.29, 1.82) is 0 Å². The lowest BCUT2D eigenvalue weighted by Crippen LogP contribution is -2.29. The van der Waals surface area contributed by atoms with Gasteiger partial charge in [0.25, 0.3) is 0 Å². The van der Waals surface area contributed by atoms with E-state index in [1.54, 1.807) is 0 Å². The van der Waals surface area contributed by atoms with Gasteiger partial charge in [-0.15, -0.1) is 0 Å². The van der Waals surface area contributed by atoms with Gasteiger partial charge in [0.15, 0.2) is 0 Å². The van der Waals surface area contributed by atoms with Crippen LogP contribution in [0.25, 0.3) is 0 Å². The summed E-state index contributed by atoms with van der Waals surface area (Å²) in [5.74, 6) is 0. The van der Waals surface area contributed by atoms with E-state index in [1.807, 2.05) is 0 Å². The van der Waals surface area contributed by atoms with E-state index in [0.717, 1.165) is 3.92 Å². The Morgan fingerprint density at radius 1 is 1.20 bits per heavy atom. The summed E-state index contributed by atoms with van der Waals surface area (Å²) in [6, 6.07) is 0. The molecule has 0 spiro atoms. The molecule has 3 unspecified atom stereocenters. The van der Waals surface area contributed by atoms with Gasteiger partial charge in [0.2, 0.25) is 0 Å². The molecule has 1 rings (SSSR count). The fourth-order valence-corrected chi connectivity index (χ4v) is 3.30. The van der Waals surface area contributed by atoms with Crippen LogP contribution in [0.2, 0.25) is 0 Å². The molecule has 1 aliphatic rings. The van der Waals surface area contributed by atoms with Gasteiger partial charge in [0.05, 0.1) is 12.2 Å². The molecule has 0 aromatic carbocycles. The summed E-state index contributed by atoms with van der Waals surface area (Å²) in [6.07, 6.45) is 11.6. The van der Waals surface area contributed by atoms with E-state index in [4.69, 9.17) is 4.74 Å². The Morgan fingerprint density at radius 2 is 1.87 bits per heavy atom. The normalized spacial score (nSPS) is 30.6. The van der Waals surface area contributed by atoms with Crippen LogP contribution in [0.5, 0.6) is 0 Å². The van der Waals surface area contributed by atoms with Gasteiger partial charge in [-0.1, -0.05) is 61.6 Å². The van der Waals surface area contributed by atoms with Crippen LogP contribution in [0, 0.1) is 0 Å². The second-order valence-electron chi connectivity index (χ2n) is 4.78. The van der Waals surface area contributed by atoms with Crippen LogP contribution >= 0.6 is 22.6 Å². The minimum Gasteiger partial charge on any atom is -0.374 e. The predicted molar refractivity (Wildman–Crippen MR) is 74.8 cm³/mol. The molecule has 1 nitrogen and oxygen atoms in total. The summed E-state index contributed by atoms with van der Waals surface area (Å²) in [7, 11) is 0. The van der Waals surface area contributed by atoms with E-state index < -0.39 is 0 Å². The van der Waals surface area contributed by atoms with Crippen molar-refractivity contribution in [2.24, 2.45) is 0 Å². The van der Waals surface area contributed by atoms with Gasteiger partial charge >= 0.3 is 0 Å². The molecule has 2 heteroatoms. The minimum absolute atomic E-state index is 0.455. The molecule has 15 heavy (non-hydrogen) atoms. The molecule has 0 saturated heterocycles. The molecule has 0 aromatic rings. The van der Waals surface area contributed by atoms with Crippen molar-refractivity contribution in [3.05, 3.63) is 0 Å². The SMILES string of the molecule is CCCC(C)OC1CCCCCCC1I. The topological polar surface area (TPSA) is 9.23 Å². The van der Waals surface area contributed by atoms with Gasteiger partial charge < -0.3 is 4.74 Å². The van der Waals surface area contributed by atoms with Gasteiger partial charge in [-0.2, -0.15) is 0 Å². The van der Waals surface area contributed by atoms with E-state index >= 15 is 0 Å². The van der Waals surface area contributed by atoms with Gasteiger partial charge in [-0.05, 0) is 26.2 Å². The molecule has 0 bridgehead atoms. The van der Waals surface area contributed by atoms with Crippen LogP contribution in [-0.2, 0) is 4.74 Å². The lowest BCUT2D eigenvalue weighted by molar-refractivity contribution is -0.0131. The highest BCUT2D eigenvalue weighted by atomic mass is 127. The van der Waals surface area contributed by atoms with Gasteiger partial charge in [0.1, 0.15) is 0 Å². The van der Waals surface area contributed by atoms with Crippen LogP contribution in [0.4, 0.5) is 0 Å². The first-order valence-corrected chi connectivity index (χ1v) is 7.78. The smallest absolute Gasteiger partial charge is 0.0696 e. The average Bonchev–Trinajstić information content (AvgIpc) is 2.18. The number of alkyl halides is 1. The van der Waals surface area contributed by atoms with Crippen LogP contribution in [0.3, 0.4) is 0 Å². The Labute approximate surface area is 108 Å². The minimum atomic E-state index is 0.455. The van der Waals surface area contributed by atoms with Crippen molar-refractivity contribution in [2.75, 3.05) is 0 Å². The number of hydrogen-bond acceptors (Lipinski definition) is 1. The first-order valence-electron chi connectivity index (χ1n) is 6.53. The second kappa shape index (κ2) is 7.88. The molecule has 0 radical (unpaired) electrons. The van der Waals surface area contributed by atoms with Crippen LogP contribution in [-0.4, -0.2) is 16.1 Å². The molecule has 0 aliphatic heterocycles. The summed E-state index contributed by atoms with van der Waals surface area (Å²) < 4.78 is 6.91. The highest BCUT2D eigenvalue weighted by molar-refractivity contribution is 14.1. The van der Waals surface area contributed by atoms with Crippen LogP contribution in [0.15, 0.2) is 0 Å². The molecule has 0 amide bonds. The molecule has 1 aliphatic carbocycles. The molecule has 3 atom stereocenters. The molecule has 0 aromatic heterocycles. The van der Waals surface area contributed by atoms with Gasteiger partial charge in [-0.25, -0.2) is 0 Å². The van der Waals surface area contributed by atoms with E-state index in [9.17, 15) is 0 Å². The van der Waals surface area contributed by atoms with Gasteiger partial charge in [-0.3, -0.25) is 0 Å². The summed E-state index contributed by atoms with van der Waals surface area (Å²) in [5.41, 5.74) is 0. The monoisotopic (exact) mass is 324 g/mol. The Bertz CT molecular complexity index is 161. The average molecular weight is 324 g/mol. The fourth-order valence-electron chi connectivity index (χ4n) is 2.33. The lowest BCUT2D eigenvalue weighted by atomic mass is 9.98. The quantitative estimate of drug-likeness (QED) is 0.537. The Balaban J connectivity index is 2.34. The Kier molecular flexibility index (Phi) is 7.23. The van der Waals surface area contributed by atoms with Crippen LogP contribution < -0.4 is 0 Å². The zero-order chi connectivity index (χ0) is 11.1. The molecule has 1 fully saturated rings. The third kappa shape index (κ3) is 5.53. The van der Waals surface area contributed by atoms with E-state index in [-0.39, 0.29) is 0 Å². The van der Waals surface area contributed by atoms with Crippen molar-refractivity contribution < 1.29 is 4.74 Å². The summed E-state index contributed by atoms with van der Waals surface area (Å²) in [4.78, 5) is 0. The molecule has 0 heterocycles. The van der Waals surface area contributed by atoms with Crippen molar-refractivity contribution >= 4 is 22.6 Å². The Hall–Kier alpha value is 0.690. The maximum atomic E-state index is 6.17. The Morgan fingerprint density at radius 3 is 2.53 bits per heavy atom. The van der Waals surface area contributed by atoms with Gasteiger partial charge in [0, 0.05) is 3.92 Å². The van der Waals surface area contributed by atoms with E-state index in [0.29, 0.717) is 12.2 Å². The number of rotatable bonds is 4. The molecule has 1 saturated carbocycles. The molecular weight excluding hydrogens is 299 g/mol. The highest BCUT2D eigenvalue weighted by Gasteiger charge is 2.22. The zero-order valence-corrected chi connectivity index (χ0v) is 12.3. The first-order chi connectivity index (χ1) is 7.24. The summed E-state index contributed by atoms with van der Waals surface area (Å²) in [5, 5.41) is 0. The van der Waals surface area contributed by atoms with E-state index in [1.165, 1.54) is 51.4 Å².